The minimum atomic E-state index is -3.79. The van der Waals surface area contributed by atoms with Crippen molar-refractivity contribution in [3.05, 3.63) is 65.5 Å². The number of sulfonamides is 1. The molecule has 0 unspecified atom stereocenters. The number of hydrogen-bond donors (Lipinski definition) is 1. The highest BCUT2D eigenvalue weighted by atomic mass is 32.2. The van der Waals surface area contributed by atoms with Crippen LogP contribution in [0.3, 0.4) is 0 Å². The Morgan fingerprint density at radius 3 is 2.41 bits per heavy atom. The van der Waals surface area contributed by atoms with E-state index >= 15 is 0 Å². The summed E-state index contributed by atoms with van der Waals surface area (Å²) in [7, 11) is -1.79. The predicted octanol–water partition coefficient (Wildman–Crippen LogP) is 1.69. The molecule has 1 N–H and O–H groups in total. The first-order valence-corrected chi connectivity index (χ1v) is 10.2. The minimum Gasteiger partial charge on any atom is -0.336 e. The van der Waals surface area contributed by atoms with Gasteiger partial charge in [0.15, 0.2) is 0 Å². The molecule has 0 aromatic heterocycles. The Morgan fingerprint density at radius 2 is 1.74 bits per heavy atom. The van der Waals surface area contributed by atoms with E-state index in [0.29, 0.717) is 24.2 Å². The molecule has 2 aromatic rings. The van der Waals surface area contributed by atoms with Crippen molar-refractivity contribution in [3.8, 4) is 0 Å². The molecule has 6 nitrogen and oxygen atoms in total. The van der Waals surface area contributed by atoms with Gasteiger partial charge in [-0.15, -0.1) is 0 Å². The lowest BCUT2D eigenvalue weighted by Crippen LogP contribution is -2.47. The molecule has 3 rings (SSSR count). The molecule has 1 aliphatic heterocycles. The van der Waals surface area contributed by atoms with Gasteiger partial charge in [-0.05, 0) is 42.9 Å². The van der Waals surface area contributed by atoms with Crippen molar-refractivity contribution in [3.63, 3.8) is 0 Å². The topological polar surface area (TPSA) is 69.7 Å². The van der Waals surface area contributed by atoms with Crippen LogP contribution in [0.1, 0.15) is 15.9 Å². The van der Waals surface area contributed by atoms with E-state index in [1.165, 1.54) is 36.4 Å². The summed E-state index contributed by atoms with van der Waals surface area (Å²) >= 11 is 0. The molecule has 0 spiro atoms. The van der Waals surface area contributed by atoms with E-state index in [1.54, 1.807) is 17.0 Å². The molecule has 1 amide bonds. The van der Waals surface area contributed by atoms with Crippen LogP contribution in [0.4, 0.5) is 4.39 Å². The van der Waals surface area contributed by atoms with Crippen LogP contribution in [0, 0.1) is 5.82 Å². The van der Waals surface area contributed by atoms with E-state index in [1.807, 2.05) is 7.05 Å². The summed E-state index contributed by atoms with van der Waals surface area (Å²) in [5, 5.41) is 0. The fourth-order valence-corrected chi connectivity index (χ4v) is 3.92. The Hall–Kier alpha value is -2.29. The van der Waals surface area contributed by atoms with Crippen molar-refractivity contribution < 1.29 is 17.6 Å². The van der Waals surface area contributed by atoms with Gasteiger partial charge in [-0.3, -0.25) is 4.79 Å². The number of rotatable bonds is 5. The highest BCUT2D eigenvalue weighted by molar-refractivity contribution is 7.89. The maximum Gasteiger partial charge on any atom is 0.253 e. The van der Waals surface area contributed by atoms with Gasteiger partial charge in [-0.2, -0.15) is 0 Å². The van der Waals surface area contributed by atoms with Gasteiger partial charge in [0.2, 0.25) is 10.0 Å². The normalized spacial score (nSPS) is 15.7. The highest BCUT2D eigenvalue weighted by Gasteiger charge is 2.22. The number of nitrogens with one attached hydrogen (secondary N) is 1. The molecule has 0 saturated carbocycles. The summed E-state index contributed by atoms with van der Waals surface area (Å²) in [6.45, 7) is 2.87. The molecular weight excluding hydrogens is 369 g/mol. The standard InChI is InChI=1S/C19H22FN3O3S/c1-22-9-11-23(12-10-22)19(24)16-3-2-4-18(13-16)27(25,26)21-14-15-5-7-17(20)8-6-15/h2-8,13,21H,9-12,14H2,1H3. The lowest BCUT2D eigenvalue weighted by molar-refractivity contribution is 0.0664. The fraction of sp³-hybridized carbons (Fsp3) is 0.316. The maximum absolute atomic E-state index is 12.9. The van der Waals surface area contributed by atoms with E-state index in [0.717, 1.165) is 13.1 Å². The van der Waals surface area contributed by atoms with E-state index in [-0.39, 0.29) is 23.2 Å². The zero-order chi connectivity index (χ0) is 19.4. The molecule has 2 aromatic carbocycles. The van der Waals surface area contributed by atoms with Crippen molar-refractivity contribution in [1.82, 2.24) is 14.5 Å². The third-order valence-electron chi connectivity index (χ3n) is 4.56. The van der Waals surface area contributed by atoms with Gasteiger partial charge in [0.05, 0.1) is 4.90 Å². The van der Waals surface area contributed by atoms with Crippen molar-refractivity contribution in [2.75, 3.05) is 33.2 Å². The third kappa shape index (κ3) is 4.91. The monoisotopic (exact) mass is 391 g/mol. The lowest BCUT2D eigenvalue weighted by atomic mass is 10.2. The quantitative estimate of drug-likeness (QED) is 0.842. The van der Waals surface area contributed by atoms with Crippen molar-refractivity contribution in [2.24, 2.45) is 0 Å². The first kappa shape index (κ1) is 19.5. The number of halogens is 1. The molecular formula is C19H22FN3O3S. The molecule has 1 fully saturated rings. The van der Waals surface area contributed by atoms with Gasteiger partial charge in [-0.1, -0.05) is 18.2 Å². The number of nitrogens with zero attached hydrogens (tertiary/aromatic N) is 2. The van der Waals surface area contributed by atoms with Crippen molar-refractivity contribution >= 4 is 15.9 Å². The summed E-state index contributed by atoms with van der Waals surface area (Å²) in [6.07, 6.45) is 0. The van der Waals surface area contributed by atoms with E-state index in [9.17, 15) is 17.6 Å². The number of piperazine rings is 1. The molecule has 1 saturated heterocycles. The third-order valence-corrected chi connectivity index (χ3v) is 5.96. The molecule has 0 bridgehead atoms. The molecule has 1 aliphatic rings. The van der Waals surface area contributed by atoms with Crippen LogP contribution < -0.4 is 4.72 Å². The van der Waals surface area contributed by atoms with Crippen molar-refractivity contribution in [1.29, 1.82) is 0 Å². The highest BCUT2D eigenvalue weighted by Crippen LogP contribution is 2.15. The smallest absolute Gasteiger partial charge is 0.253 e. The molecule has 0 atom stereocenters. The molecule has 0 radical (unpaired) electrons. The van der Waals surface area contributed by atoms with Gasteiger partial charge < -0.3 is 9.80 Å². The summed E-state index contributed by atoms with van der Waals surface area (Å²) in [5.41, 5.74) is 0.994. The second-order valence-electron chi connectivity index (χ2n) is 6.57. The predicted molar refractivity (Wildman–Crippen MR) is 100 cm³/mol. The van der Waals surface area contributed by atoms with Gasteiger partial charge in [0.1, 0.15) is 5.82 Å². The van der Waals surface area contributed by atoms with Gasteiger partial charge in [-0.25, -0.2) is 17.5 Å². The summed E-state index contributed by atoms with van der Waals surface area (Å²) in [5.74, 6) is -0.546. The fourth-order valence-electron chi connectivity index (χ4n) is 2.85. The number of hydrogen-bond acceptors (Lipinski definition) is 4. The average molecular weight is 391 g/mol. The summed E-state index contributed by atoms with van der Waals surface area (Å²) < 4.78 is 40.5. The summed E-state index contributed by atoms with van der Waals surface area (Å²) in [6, 6.07) is 11.6. The van der Waals surface area contributed by atoms with Gasteiger partial charge in [0.25, 0.3) is 5.91 Å². The molecule has 27 heavy (non-hydrogen) atoms. The van der Waals surface area contributed by atoms with Crippen LogP contribution in [0.25, 0.3) is 0 Å². The first-order chi connectivity index (χ1) is 12.8. The molecule has 0 aliphatic carbocycles. The number of carbonyl (C=O) groups is 1. The number of likely N-dealkylation sites (N-methyl/N-ethyl adjacent to an activating group) is 1. The van der Waals surface area contributed by atoms with E-state index in [4.69, 9.17) is 0 Å². The minimum absolute atomic E-state index is 0.0320. The zero-order valence-electron chi connectivity index (χ0n) is 15.1. The molecule has 8 heteroatoms. The largest absolute Gasteiger partial charge is 0.336 e. The second kappa shape index (κ2) is 8.16. The van der Waals surface area contributed by atoms with Gasteiger partial charge in [0, 0.05) is 38.3 Å². The van der Waals surface area contributed by atoms with Crippen LogP contribution in [0.2, 0.25) is 0 Å². The van der Waals surface area contributed by atoms with Crippen molar-refractivity contribution in [2.45, 2.75) is 11.4 Å². The van der Waals surface area contributed by atoms with Crippen LogP contribution in [0.15, 0.2) is 53.4 Å². The number of benzene rings is 2. The SMILES string of the molecule is CN1CCN(C(=O)c2cccc(S(=O)(=O)NCc3ccc(F)cc3)c2)CC1. The Balaban J connectivity index is 1.71. The van der Waals surface area contributed by atoms with Crippen LogP contribution >= 0.6 is 0 Å². The average Bonchev–Trinajstić information content (AvgIpc) is 2.68. The number of carbonyl (C=O) groups excluding carboxylic acids is 1. The van der Waals surface area contributed by atoms with Crippen LogP contribution in [0.5, 0.6) is 0 Å². The zero-order valence-corrected chi connectivity index (χ0v) is 15.9. The Bertz CT molecular complexity index is 908. The Labute approximate surface area is 158 Å². The summed E-state index contributed by atoms with van der Waals surface area (Å²) in [4.78, 5) is 16.6. The van der Waals surface area contributed by atoms with E-state index in [2.05, 4.69) is 9.62 Å². The molecule has 144 valence electrons. The lowest BCUT2D eigenvalue weighted by Gasteiger charge is -2.32. The van der Waals surface area contributed by atoms with Gasteiger partial charge >= 0.3 is 0 Å². The maximum atomic E-state index is 12.9. The molecule has 1 heterocycles. The Kier molecular flexibility index (Phi) is 5.88. The van der Waals surface area contributed by atoms with Crippen LogP contribution in [-0.4, -0.2) is 57.4 Å². The van der Waals surface area contributed by atoms with E-state index < -0.39 is 10.0 Å². The second-order valence-corrected chi connectivity index (χ2v) is 8.34. The Morgan fingerprint density at radius 1 is 1.07 bits per heavy atom. The number of amides is 1. The van der Waals surface area contributed by atoms with Crippen LogP contribution in [-0.2, 0) is 16.6 Å². The first-order valence-electron chi connectivity index (χ1n) is 8.67.